The maximum atomic E-state index is 11.8. The molecule has 5 heteroatoms. The molecule has 2 N–H and O–H groups in total. The van der Waals surface area contributed by atoms with E-state index in [4.69, 9.17) is 16.7 Å². The lowest BCUT2D eigenvalue weighted by Crippen LogP contribution is -2.09. The van der Waals surface area contributed by atoms with Crippen LogP contribution in [0.4, 0.5) is 0 Å². The van der Waals surface area contributed by atoms with Crippen LogP contribution in [0.15, 0.2) is 29.1 Å². The molecular weight excluding hydrogens is 254 g/mol. The second kappa shape index (κ2) is 4.66. The zero-order valence-corrected chi connectivity index (χ0v) is 10.3. The number of pyridine rings is 1. The quantitative estimate of drug-likeness (QED) is 0.818. The van der Waals surface area contributed by atoms with Gasteiger partial charge in [0, 0.05) is 22.0 Å². The van der Waals surface area contributed by atoms with Gasteiger partial charge in [-0.25, -0.2) is 4.79 Å². The number of carboxylic acid groups (broad SMARTS) is 1. The molecule has 0 saturated heterocycles. The highest BCUT2D eigenvalue weighted by molar-refractivity contribution is 6.31. The van der Waals surface area contributed by atoms with Crippen LogP contribution < -0.4 is 5.56 Å². The molecule has 0 fully saturated rings. The lowest BCUT2D eigenvalue weighted by atomic mass is 10.1. The molecule has 0 spiro atoms. The van der Waals surface area contributed by atoms with E-state index in [2.05, 4.69) is 4.98 Å². The fraction of sp³-hybridized carbons (Fsp3) is 0.0769. The molecule has 2 aromatic rings. The Hall–Kier alpha value is -2.07. The first kappa shape index (κ1) is 12.4. The molecule has 0 unspecified atom stereocenters. The molecule has 2 rings (SSSR count). The number of aromatic amines is 1. The number of aryl methyl sites for hydroxylation is 1. The highest BCUT2D eigenvalue weighted by Gasteiger charge is 2.04. The lowest BCUT2D eigenvalue weighted by molar-refractivity contribution is -0.131. The number of fused-ring (bicyclic) bond motifs is 1. The molecule has 0 amide bonds. The van der Waals surface area contributed by atoms with Gasteiger partial charge in [-0.05, 0) is 36.8 Å². The van der Waals surface area contributed by atoms with Crippen molar-refractivity contribution in [2.45, 2.75) is 6.92 Å². The van der Waals surface area contributed by atoms with Crippen LogP contribution in [0.5, 0.6) is 0 Å². The number of aromatic nitrogens is 1. The lowest BCUT2D eigenvalue weighted by Gasteiger charge is -2.04. The summed E-state index contributed by atoms with van der Waals surface area (Å²) in [5.74, 6) is -1.10. The second-order valence-corrected chi connectivity index (χ2v) is 4.35. The molecule has 0 saturated carbocycles. The average Bonchev–Trinajstić information content (AvgIpc) is 2.27. The van der Waals surface area contributed by atoms with Crippen LogP contribution in [-0.4, -0.2) is 16.1 Å². The number of nitrogens with one attached hydrogen (secondary N) is 1. The van der Waals surface area contributed by atoms with Crippen molar-refractivity contribution in [2.75, 3.05) is 0 Å². The van der Waals surface area contributed by atoms with Gasteiger partial charge in [0.25, 0.3) is 5.56 Å². The van der Waals surface area contributed by atoms with Gasteiger partial charge >= 0.3 is 5.97 Å². The number of benzene rings is 1. The molecule has 1 heterocycles. The van der Waals surface area contributed by atoms with Crippen molar-refractivity contribution in [2.24, 2.45) is 0 Å². The van der Waals surface area contributed by atoms with Crippen LogP contribution in [0.2, 0.25) is 5.02 Å². The van der Waals surface area contributed by atoms with Crippen molar-refractivity contribution in [1.29, 1.82) is 0 Å². The monoisotopic (exact) mass is 263 g/mol. The van der Waals surface area contributed by atoms with Gasteiger partial charge in [-0.3, -0.25) is 4.79 Å². The Bertz CT molecular complexity index is 716. The fourth-order valence-corrected chi connectivity index (χ4v) is 2.04. The summed E-state index contributed by atoms with van der Waals surface area (Å²) in [5.41, 5.74) is 1.53. The molecule has 18 heavy (non-hydrogen) atoms. The SMILES string of the molecule is Cc1cc(Cl)cc2cc(/C=C/C(=O)O)c(=O)[nH]c12. The molecule has 0 bridgehead atoms. The largest absolute Gasteiger partial charge is 0.478 e. The summed E-state index contributed by atoms with van der Waals surface area (Å²) in [5, 5.41) is 9.88. The van der Waals surface area contributed by atoms with Crippen molar-refractivity contribution in [3.63, 3.8) is 0 Å². The summed E-state index contributed by atoms with van der Waals surface area (Å²) in [6.45, 7) is 1.84. The number of hydrogen-bond acceptors (Lipinski definition) is 2. The summed E-state index contributed by atoms with van der Waals surface area (Å²) >= 11 is 5.94. The van der Waals surface area contributed by atoms with Crippen molar-refractivity contribution in [3.05, 3.63) is 50.8 Å². The summed E-state index contributed by atoms with van der Waals surface area (Å²) in [4.78, 5) is 24.9. The Morgan fingerprint density at radius 3 is 2.78 bits per heavy atom. The zero-order chi connectivity index (χ0) is 13.3. The molecule has 92 valence electrons. The van der Waals surface area contributed by atoms with E-state index in [9.17, 15) is 9.59 Å². The second-order valence-electron chi connectivity index (χ2n) is 3.91. The van der Waals surface area contributed by atoms with Gasteiger partial charge in [0.1, 0.15) is 0 Å². The van der Waals surface area contributed by atoms with Crippen LogP contribution in [-0.2, 0) is 4.79 Å². The van der Waals surface area contributed by atoms with E-state index >= 15 is 0 Å². The number of carbonyl (C=O) groups is 1. The van der Waals surface area contributed by atoms with Gasteiger partial charge in [0.05, 0.1) is 5.52 Å². The molecule has 1 aromatic heterocycles. The zero-order valence-electron chi connectivity index (χ0n) is 9.53. The normalized spacial score (nSPS) is 11.2. The predicted octanol–water partition coefficient (Wildman–Crippen LogP) is 2.59. The van der Waals surface area contributed by atoms with Crippen molar-refractivity contribution in [1.82, 2.24) is 4.98 Å². The maximum absolute atomic E-state index is 11.8. The van der Waals surface area contributed by atoms with E-state index in [1.807, 2.05) is 6.92 Å². The minimum atomic E-state index is -1.10. The fourth-order valence-electron chi connectivity index (χ4n) is 1.76. The van der Waals surface area contributed by atoms with Crippen LogP contribution >= 0.6 is 11.6 Å². The Balaban J connectivity index is 2.68. The Kier molecular flexibility index (Phi) is 3.21. The molecule has 4 nitrogen and oxygen atoms in total. The highest BCUT2D eigenvalue weighted by atomic mass is 35.5. The van der Waals surface area contributed by atoms with E-state index in [-0.39, 0.29) is 11.1 Å². The Morgan fingerprint density at radius 2 is 2.11 bits per heavy atom. The molecule has 1 aromatic carbocycles. The minimum Gasteiger partial charge on any atom is -0.478 e. The number of hydrogen-bond donors (Lipinski definition) is 2. The maximum Gasteiger partial charge on any atom is 0.328 e. The topological polar surface area (TPSA) is 70.2 Å². The number of carboxylic acids is 1. The van der Waals surface area contributed by atoms with Gasteiger partial charge < -0.3 is 10.1 Å². The van der Waals surface area contributed by atoms with E-state index in [0.29, 0.717) is 10.5 Å². The first-order valence-corrected chi connectivity index (χ1v) is 5.59. The van der Waals surface area contributed by atoms with Crippen LogP contribution in [0, 0.1) is 6.92 Å². The van der Waals surface area contributed by atoms with E-state index in [1.54, 1.807) is 18.2 Å². The smallest absolute Gasteiger partial charge is 0.328 e. The van der Waals surface area contributed by atoms with Crippen LogP contribution in [0.3, 0.4) is 0 Å². The number of rotatable bonds is 2. The molecular formula is C13H10ClNO3. The van der Waals surface area contributed by atoms with E-state index in [0.717, 1.165) is 17.0 Å². The predicted molar refractivity (Wildman–Crippen MR) is 71.0 cm³/mol. The summed E-state index contributed by atoms with van der Waals surface area (Å²) < 4.78 is 0. The number of H-pyrrole nitrogens is 1. The summed E-state index contributed by atoms with van der Waals surface area (Å²) in [6.07, 6.45) is 2.19. The molecule has 0 aliphatic carbocycles. The van der Waals surface area contributed by atoms with Crippen molar-refractivity contribution in [3.8, 4) is 0 Å². The number of halogens is 1. The van der Waals surface area contributed by atoms with Gasteiger partial charge in [-0.15, -0.1) is 0 Å². The van der Waals surface area contributed by atoms with Crippen molar-refractivity contribution >= 4 is 34.5 Å². The third kappa shape index (κ3) is 2.43. The molecule has 0 aliphatic heterocycles. The molecule has 0 aliphatic rings. The third-order valence-corrected chi connectivity index (χ3v) is 2.77. The average molecular weight is 264 g/mol. The Labute approximate surface area is 108 Å². The highest BCUT2D eigenvalue weighted by Crippen LogP contribution is 2.21. The van der Waals surface area contributed by atoms with Crippen LogP contribution in [0.25, 0.3) is 17.0 Å². The molecule has 0 atom stereocenters. The number of aliphatic carboxylic acids is 1. The Morgan fingerprint density at radius 1 is 1.39 bits per heavy atom. The first-order chi connectivity index (χ1) is 8.47. The third-order valence-electron chi connectivity index (χ3n) is 2.55. The summed E-state index contributed by atoms with van der Waals surface area (Å²) in [6, 6.07) is 5.09. The summed E-state index contributed by atoms with van der Waals surface area (Å²) in [7, 11) is 0. The van der Waals surface area contributed by atoms with E-state index in [1.165, 1.54) is 6.08 Å². The van der Waals surface area contributed by atoms with Gasteiger partial charge in [0.15, 0.2) is 0 Å². The minimum absolute atomic E-state index is 0.284. The van der Waals surface area contributed by atoms with Crippen LogP contribution in [0.1, 0.15) is 11.1 Å². The standard InChI is InChI=1S/C13H10ClNO3/c1-7-4-10(14)6-9-5-8(2-3-11(16)17)13(18)15-12(7)9/h2-6H,1H3,(H,15,18)(H,16,17)/b3-2+. The first-order valence-electron chi connectivity index (χ1n) is 5.21. The molecule has 0 radical (unpaired) electrons. The van der Waals surface area contributed by atoms with Crippen molar-refractivity contribution < 1.29 is 9.90 Å². The van der Waals surface area contributed by atoms with Gasteiger partial charge in [-0.2, -0.15) is 0 Å². The van der Waals surface area contributed by atoms with Gasteiger partial charge in [-0.1, -0.05) is 11.6 Å². The van der Waals surface area contributed by atoms with E-state index < -0.39 is 5.97 Å². The van der Waals surface area contributed by atoms with Gasteiger partial charge in [0.2, 0.25) is 0 Å².